The summed E-state index contributed by atoms with van der Waals surface area (Å²) in [5.41, 5.74) is 0.999. The average molecular weight is 397 g/mol. The molecule has 2 aromatic rings. The molecule has 0 radical (unpaired) electrons. The number of benzene rings is 1. The van der Waals surface area contributed by atoms with Crippen molar-refractivity contribution < 1.29 is 13.2 Å². The van der Waals surface area contributed by atoms with E-state index < -0.39 is 10.2 Å². The van der Waals surface area contributed by atoms with Crippen LogP contribution in [-0.4, -0.2) is 73.5 Å². The molecule has 0 spiro atoms. The van der Waals surface area contributed by atoms with Gasteiger partial charge in [-0.15, -0.1) is 0 Å². The zero-order valence-electron chi connectivity index (χ0n) is 15.0. The Labute approximate surface area is 158 Å². The summed E-state index contributed by atoms with van der Waals surface area (Å²) >= 11 is 1.66. The number of anilines is 1. The van der Waals surface area contributed by atoms with Gasteiger partial charge in [-0.25, -0.2) is 4.98 Å². The van der Waals surface area contributed by atoms with Gasteiger partial charge in [0.2, 0.25) is 0 Å². The van der Waals surface area contributed by atoms with Crippen LogP contribution >= 0.6 is 11.3 Å². The summed E-state index contributed by atoms with van der Waals surface area (Å²) in [5, 5.41) is 0.969. The molecular formula is C17H24N4O3S2. The number of rotatable bonds is 3. The molecule has 2 atom stereocenters. The Bertz CT molecular complexity index is 834. The van der Waals surface area contributed by atoms with Crippen LogP contribution in [0.2, 0.25) is 0 Å². The highest BCUT2D eigenvalue weighted by molar-refractivity contribution is 7.86. The van der Waals surface area contributed by atoms with Crippen LogP contribution in [0.4, 0.5) is 5.13 Å². The van der Waals surface area contributed by atoms with Crippen LogP contribution in [0.3, 0.4) is 0 Å². The number of nitrogens with zero attached hydrogens (tertiary/aromatic N) is 4. The second kappa shape index (κ2) is 7.05. The summed E-state index contributed by atoms with van der Waals surface area (Å²) in [4.78, 5) is 6.86. The van der Waals surface area contributed by atoms with Gasteiger partial charge in [0.15, 0.2) is 5.13 Å². The number of aromatic nitrogens is 1. The van der Waals surface area contributed by atoms with Crippen molar-refractivity contribution in [1.82, 2.24) is 13.6 Å². The molecule has 2 fully saturated rings. The van der Waals surface area contributed by atoms with Crippen LogP contribution in [-0.2, 0) is 14.9 Å². The fourth-order valence-electron chi connectivity index (χ4n) is 3.59. The molecule has 9 heteroatoms. The van der Waals surface area contributed by atoms with E-state index in [2.05, 4.69) is 16.0 Å². The topological polar surface area (TPSA) is 66.0 Å². The molecule has 0 bridgehead atoms. The molecule has 0 unspecified atom stereocenters. The smallest absolute Gasteiger partial charge is 0.282 e. The van der Waals surface area contributed by atoms with E-state index in [1.54, 1.807) is 19.9 Å². The lowest BCUT2D eigenvalue weighted by molar-refractivity contribution is -0.0455. The molecule has 2 aliphatic rings. The van der Waals surface area contributed by atoms with Crippen LogP contribution in [0, 0.1) is 0 Å². The molecule has 142 valence electrons. The summed E-state index contributed by atoms with van der Waals surface area (Å²) in [7, 11) is -3.44. The molecular weight excluding hydrogens is 372 g/mol. The van der Waals surface area contributed by atoms with Crippen LogP contribution in [0.25, 0.3) is 10.2 Å². The van der Waals surface area contributed by atoms with Gasteiger partial charge in [-0.05, 0) is 26.0 Å². The molecule has 7 nitrogen and oxygen atoms in total. The minimum Gasteiger partial charge on any atom is -0.373 e. The fraction of sp³-hybridized carbons (Fsp3) is 0.588. The molecule has 0 N–H and O–H groups in total. The van der Waals surface area contributed by atoms with E-state index in [4.69, 9.17) is 4.74 Å². The van der Waals surface area contributed by atoms with Crippen molar-refractivity contribution in [3.63, 3.8) is 0 Å². The number of ether oxygens (including phenoxy) is 1. The van der Waals surface area contributed by atoms with Crippen molar-refractivity contribution in [2.75, 3.05) is 44.2 Å². The van der Waals surface area contributed by atoms with Crippen molar-refractivity contribution >= 4 is 36.9 Å². The first-order valence-electron chi connectivity index (χ1n) is 8.94. The monoisotopic (exact) mass is 396 g/mol. The van der Waals surface area contributed by atoms with E-state index in [1.165, 1.54) is 0 Å². The molecule has 26 heavy (non-hydrogen) atoms. The summed E-state index contributed by atoms with van der Waals surface area (Å²) < 4.78 is 36.0. The summed E-state index contributed by atoms with van der Waals surface area (Å²) in [5.74, 6) is 0. The molecule has 1 aromatic heterocycles. The highest BCUT2D eigenvalue weighted by Gasteiger charge is 2.37. The van der Waals surface area contributed by atoms with Gasteiger partial charge in [-0.1, -0.05) is 23.5 Å². The maximum atomic E-state index is 13.0. The number of morpholine rings is 1. The third kappa shape index (κ3) is 3.46. The Kier molecular flexibility index (Phi) is 4.91. The van der Waals surface area contributed by atoms with Crippen molar-refractivity contribution in [3.8, 4) is 0 Å². The van der Waals surface area contributed by atoms with E-state index in [1.807, 2.05) is 32.0 Å². The van der Waals surface area contributed by atoms with Crippen molar-refractivity contribution in [2.45, 2.75) is 26.1 Å². The van der Waals surface area contributed by atoms with E-state index in [9.17, 15) is 8.42 Å². The predicted octanol–water partition coefficient (Wildman–Crippen LogP) is 1.77. The van der Waals surface area contributed by atoms with E-state index in [-0.39, 0.29) is 12.2 Å². The highest BCUT2D eigenvalue weighted by atomic mass is 32.2. The number of hydrogen-bond donors (Lipinski definition) is 0. The lowest BCUT2D eigenvalue weighted by atomic mass is 10.3. The standard InChI is InChI=1S/C17H24N4O3S2/c1-13-11-21(12-14(2)24-13)26(22,23)20-9-7-19(8-10-20)17-18-15-5-3-4-6-16(15)25-17/h3-6,13-14H,7-12H2,1-2H3/t13-,14+. The predicted molar refractivity (Wildman–Crippen MR) is 104 cm³/mol. The number of hydrogen-bond acceptors (Lipinski definition) is 6. The molecule has 3 heterocycles. The SMILES string of the molecule is C[C@@H]1CN(S(=O)(=O)N2CCN(c3nc4ccccc4s3)CC2)C[C@H](C)O1. The summed E-state index contributed by atoms with van der Waals surface area (Å²) in [6, 6.07) is 8.08. The Morgan fingerprint density at radius 2 is 1.69 bits per heavy atom. The maximum absolute atomic E-state index is 13.0. The Balaban J connectivity index is 1.44. The minimum atomic E-state index is -3.44. The Morgan fingerprint density at radius 1 is 1.04 bits per heavy atom. The van der Waals surface area contributed by atoms with E-state index in [0.717, 1.165) is 15.3 Å². The van der Waals surface area contributed by atoms with Gasteiger partial charge in [0.05, 0.1) is 22.4 Å². The van der Waals surface area contributed by atoms with E-state index >= 15 is 0 Å². The second-order valence-corrected chi connectivity index (χ2v) is 9.87. The van der Waals surface area contributed by atoms with Crippen molar-refractivity contribution in [1.29, 1.82) is 0 Å². The number of thiazole rings is 1. The van der Waals surface area contributed by atoms with Gasteiger partial charge in [-0.3, -0.25) is 0 Å². The zero-order valence-corrected chi connectivity index (χ0v) is 16.7. The van der Waals surface area contributed by atoms with Gasteiger partial charge in [0, 0.05) is 39.3 Å². The first kappa shape index (κ1) is 18.1. The molecule has 2 saturated heterocycles. The van der Waals surface area contributed by atoms with Gasteiger partial charge < -0.3 is 9.64 Å². The maximum Gasteiger partial charge on any atom is 0.282 e. The van der Waals surface area contributed by atoms with Crippen molar-refractivity contribution in [3.05, 3.63) is 24.3 Å². The quantitative estimate of drug-likeness (QED) is 0.791. The second-order valence-electron chi connectivity index (χ2n) is 6.93. The number of piperazine rings is 1. The first-order chi connectivity index (χ1) is 12.4. The van der Waals surface area contributed by atoms with Crippen LogP contribution in [0.15, 0.2) is 24.3 Å². The molecule has 0 amide bonds. The highest BCUT2D eigenvalue weighted by Crippen LogP contribution is 2.29. The molecule has 4 rings (SSSR count). The molecule has 2 aliphatic heterocycles. The number of fused-ring (bicyclic) bond motifs is 1. The van der Waals surface area contributed by atoms with Crippen LogP contribution in [0.5, 0.6) is 0 Å². The zero-order chi connectivity index (χ0) is 18.3. The lowest BCUT2D eigenvalue weighted by Crippen LogP contribution is -2.57. The largest absolute Gasteiger partial charge is 0.373 e. The van der Waals surface area contributed by atoms with Gasteiger partial charge >= 0.3 is 0 Å². The van der Waals surface area contributed by atoms with Crippen LogP contribution in [0.1, 0.15) is 13.8 Å². The first-order valence-corrected chi connectivity index (χ1v) is 11.2. The van der Waals surface area contributed by atoms with E-state index in [0.29, 0.717) is 39.3 Å². The average Bonchev–Trinajstić information content (AvgIpc) is 3.05. The van der Waals surface area contributed by atoms with Gasteiger partial charge in [0.25, 0.3) is 10.2 Å². The minimum absolute atomic E-state index is 0.0717. The third-order valence-corrected chi connectivity index (χ3v) is 7.90. The molecule has 0 saturated carbocycles. The lowest BCUT2D eigenvalue weighted by Gasteiger charge is -2.40. The Hall–Kier alpha value is -1.26. The number of para-hydroxylation sites is 1. The molecule has 0 aliphatic carbocycles. The van der Waals surface area contributed by atoms with Gasteiger partial charge in [0.1, 0.15) is 0 Å². The van der Waals surface area contributed by atoms with Crippen LogP contribution < -0.4 is 4.90 Å². The van der Waals surface area contributed by atoms with Gasteiger partial charge in [-0.2, -0.15) is 17.0 Å². The Morgan fingerprint density at radius 3 is 2.35 bits per heavy atom. The normalized spacial score (nSPS) is 26.5. The third-order valence-electron chi connectivity index (χ3n) is 4.83. The molecule has 1 aromatic carbocycles. The van der Waals surface area contributed by atoms with Crippen molar-refractivity contribution in [2.24, 2.45) is 0 Å². The summed E-state index contributed by atoms with van der Waals surface area (Å²) in [6.07, 6.45) is -0.143. The fourth-order valence-corrected chi connectivity index (χ4v) is 6.35. The summed E-state index contributed by atoms with van der Waals surface area (Å²) in [6.45, 7) is 6.97.